The number of amides is 3. The van der Waals surface area contributed by atoms with Crippen molar-refractivity contribution in [3.05, 3.63) is 28.7 Å². The molecule has 0 saturated heterocycles. The third kappa shape index (κ3) is 6.41. The molecule has 1 rings (SSSR count). The molecular weight excluding hydrogens is 320 g/mol. The number of halogens is 1. The predicted octanol–water partition coefficient (Wildman–Crippen LogP) is 0.566. The van der Waals surface area contributed by atoms with Gasteiger partial charge in [-0.1, -0.05) is 22.0 Å². The van der Waals surface area contributed by atoms with Gasteiger partial charge < -0.3 is 15.2 Å². The molecule has 0 aliphatic heterocycles. The standard InChI is InChI=1S/C11H11BrN2O5/c12-7-2-1-3-8(4-7)18-6-10(16)19-5-9(15)14-11(13)17/h1-4H,5-6H2,(H3,13,14,15,17). The lowest BCUT2D eigenvalue weighted by Crippen LogP contribution is -2.38. The van der Waals surface area contributed by atoms with Crippen LogP contribution < -0.4 is 15.8 Å². The molecule has 0 atom stereocenters. The zero-order valence-corrected chi connectivity index (χ0v) is 11.3. The summed E-state index contributed by atoms with van der Waals surface area (Å²) in [5.74, 6) is -1.06. The largest absolute Gasteiger partial charge is 0.482 e. The van der Waals surface area contributed by atoms with Crippen molar-refractivity contribution in [1.82, 2.24) is 5.32 Å². The Morgan fingerprint density at radius 1 is 1.26 bits per heavy atom. The van der Waals surface area contributed by atoms with E-state index in [9.17, 15) is 14.4 Å². The van der Waals surface area contributed by atoms with E-state index in [0.717, 1.165) is 4.47 Å². The van der Waals surface area contributed by atoms with E-state index < -0.39 is 24.5 Å². The highest BCUT2D eigenvalue weighted by molar-refractivity contribution is 9.10. The van der Waals surface area contributed by atoms with Crippen molar-refractivity contribution in [3.8, 4) is 5.75 Å². The van der Waals surface area contributed by atoms with Gasteiger partial charge >= 0.3 is 12.0 Å². The first-order chi connectivity index (χ1) is 8.97. The number of hydrogen-bond donors (Lipinski definition) is 2. The van der Waals surface area contributed by atoms with Crippen LogP contribution >= 0.6 is 15.9 Å². The maximum Gasteiger partial charge on any atom is 0.344 e. The van der Waals surface area contributed by atoms with E-state index in [-0.39, 0.29) is 6.61 Å². The molecule has 7 nitrogen and oxygen atoms in total. The number of benzene rings is 1. The zero-order valence-electron chi connectivity index (χ0n) is 9.72. The molecule has 3 amide bonds. The second kappa shape index (κ2) is 7.37. The third-order valence-corrected chi connectivity index (χ3v) is 2.27. The van der Waals surface area contributed by atoms with E-state index in [1.165, 1.54) is 0 Å². The quantitative estimate of drug-likeness (QED) is 0.767. The second-order valence-corrected chi connectivity index (χ2v) is 4.23. The fourth-order valence-corrected chi connectivity index (χ4v) is 1.44. The number of ether oxygens (including phenoxy) is 2. The maximum absolute atomic E-state index is 11.2. The lowest BCUT2D eigenvalue weighted by atomic mass is 10.3. The van der Waals surface area contributed by atoms with Crippen molar-refractivity contribution in [2.24, 2.45) is 5.73 Å². The Labute approximate surface area is 117 Å². The lowest BCUT2D eigenvalue weighted by molar-refractivity contribution is -0.150. The monoisotopic (exact) mass is 330 g/mol. The van der Waals surface area contributed by atoms with Crippen LogP contribution in [-0.2, 0) is 14.3 Å². The number of urea groups is 1. The molecule has 1 aromatic carbocycles. The molecule has 0 saturated carbocycles. The van der Waals surface area contributed by atoms with Crippen molar-refractivity contribution >= 4 is 33.8 Å². The number of rotatable bonds is 5. The average Bonchev–Trinajstić information content (AvgIpc) is 2.33. The van der Waals surface area contributed by atoms with Gasteiger partial charge in [-0.3, -0.25) is 10.1 Å². The van der Waals surface area contributed by atoms with Crippen LogP contribution in [0, 0.1) is 0 Å². The number of hydrogen-bond acceptors (Lipinski definition) is 5. The highest BCUT2D eigenvalue weighted by Gasteiger charge is 2.09. The normalized spacial score (nSPS) is 9.53. The van der Waals surface area contributed by atoms with Crippen LogP contribution in [-0.4, -0.2) is 31.1 Å². The molecule has 0 spiro atoms. The van der Waals surface area contributed by atoms with Crippen molar-refractivity contribution < 1.29 is 23.9 Å². The minimum atomic E-state index is -1.01. The number of primary amides is 1. The van der Waals surface area contributed by atoms with E-state index in [4.69, 9.17) is 10.5 Å². The number of imide groups is 1. The van der Waals surface area contributed by atoms with Gasteiger partial charge in [0.1, 0.15) is 5.75 Å². The smallest absolute Gasteiger partial charge is 0.344 e. The van der Waals surface area contributed by atoms with Crippen molar-refractivity contribution in [3.63, 3.8) is 0 Å². The molecule has 19 heavy (non-hydrogen) atoms. The molecule has 3 N–H and O–H groups in total. The second-order valence-electron chi connectivity index (χ2n) is 3.32. The summed E-state index contributed by atoms with van der Waals surface area (Å²) < 4.78 is 10.5. The van der Waals surface area contributed by atoms with Gasteiger partial charge in [-0.15, -0.1) is 0 Å². The molecule has 0 unspecified atom stereocenters. The van der Waals surface area contributed by atoms with E-state index in [2.05, 4.69) is 20.7 Å². The molecular formula is C11H11BrN2O5. The molecule has 0 aliphatic rings. The van der Waals surface area contributed by atoms with Crippen LogP contribution in [0.2, 0.25) is 0 Å². The summed E-state index contributed by atoms with van der Waals surface area (Å²) in [5.41, 5.74) is 4.71. The zero-order chi connectivity index (χ0) is 14.3. The average molecular weight is 331 g/mol. The number of nitrogens with one attached hydrogen (secondary N) is 1. The first kappa shape index (κ1) is 15.0. The van der Waals surface area contributed by atoms with Gasteiger partial charge in [-0.25, -0.2) is 9.59 Å². The van der Waals surface area contributed by atoms with Gasteiger partial charge in [0.25, 0.3) is 5.91 Å². The van der Waals surface area contributed by atoms with E-state index in [0.29, 0.717) is 5.75 Å². The number of carbonyl (C=O) groups is 3. The van der Waals surface area contributed by atoms with E-state index in [1.807, 2.05) is 0 Å². The summed E-state index contributed by atoms with van der Waals surface area (Å²) in [4.78, 5) is 32.5. The first-order valence-corrected chi connectivity index (χ1v) is 5.90. The molecule has 8 heteroatoms. The molecule has 0 aromatic heterocycles. The molecule has 0 bridgehead atoms. The number of nitrogens with two attached hydrogens (primary N) is 1. The van der Waals surface area contributed by atoms with Crippen LogP contribution in [0.4, 0.5) is 4.79 Å². The summed E-state index contributed by atoms with van der Waals surface area (Å²) >= 11 is 3.25. The number of carbonyl (C=O) groups excluding carboxylic acids is 3. The van der Waals surface area contributed by atoms with Crippen LogP contribution in [0.3, 0.4) is 0 Å². The minimum Gasteiger partial charge on any atom is -0.482 e. The maximum atomic E-state index is 11.2. The highest BCUT2D eigenvalue weighted by Crippen LogP contribution is 2.17. The van der Waals surface area contributed by atoms with Gasteiger partial charge in [-0.05, 0) is 18.2 Å². The summed E-state index contributed by atoms with van der Waals surface area (Å²) in [7, 11) is 0. The molecule has 0 fully saturated rings. The van der Waals surface area contributed by atoms with E-state index in [1.54, 1.807) is 29.6 Å². The predicted molar refractivity (Wildman–Crippen MR) is 68.3 cm³/mol. The van der Waals surface area contributed by atoms with Gasteiger partial charge in [0.15, 0.2) is 13.2 Å². The summed E-state index contributed by atoms with van der Waals surface area (Å²) in [6.07, 6.45) is 0. The van der Waals surface area contributed by atoms with Gasteiger partial charge in [0.2, 0.25) is 0 Å². The highest BCUT2D eigenvalue weighted by atomic mass is 79.9. The van der Waals surface area contributed by atoms with Gasteiger partial charge in [0, 0.05) is 4.47 Å². The lowest BCUT2D eigenvalue weighted by Gasteiger charge is -2.06. The first-order valence-electron chi connectivity index (χ1n) is 5.10. The number of esters is 1. The SMILES string of the molecule is NC(=O)NC(=O)COC(=O)COc1cccc(Br)c1. The Kier molecular flexibility index (Phi) is 5.80. The Morgan fingerprint density at radius 3 is 2.63 bits per heavy atom. The Bertz CT molecular complexity index is 492. The van der Waals surface area contributed by atoms with Crippen molar-refractivity contribution in [2.45, 2.75) is 0 Å². The molecule has 0 heterocycles. The molecule has 0 radical (unpaired) electrons. The summed E-state index contributed by atoms with van der Waals surface area (Å²) in [6, 6.07) is 5.88. The van der Waals surface area contributed by atoms with Gasteiger partial charge in [-0.2, -0.15) is 0 Å². The minimum absolute atomic E-state index is 0.347. The van der Waals surface area contributed by atoms with Crippen molar-refractivity contribution in [1.29, 1.82) is 0 Å². The molecule has 0 aliphatic carbocycles. The van der Waals surface area contributed by atoms with Crippen LogP contribution in [0.5, 0.6) is 5.75 Å². The molecule has 1 aromatic rings. The topological polar surface area (TPSA) is 108 Å². The van der Waals surface area contributed by atoms with Crippen LogP contribution in [0.15, 0.2) is 28.7 Å². The summed E-state index contributed by atoms with van der Waals surface area (Å²) in [5, 5.41) is 1.76. The Morgan fingerprint density at radius 2 is 2.00 bits per heavy atom. The Hall–Kier alpha value is -2.09. The van der Waals surface area contributed by atoms with Crippen LogP contribution in [0.25, 0.3) is 0 Å². The van der Waals surface area contributed by atoms with Crippen LogP contribution in [0.1, 0.15) is 0 Å². The van der Waals surface area contributed by atoms with Gasteiger partial charge in [0.05, 0.1) is 0 Å². The summed E-state index contributed by atoms with van der Waals surface area (Å²) in [6.45, 7) is -0.941. The third-order valence-electron chi connectivity index (χ3n) is 1.78. The Balaban J connectivity index is 2.28. The molecule has 102 valence electrons. The van der Waals surface area contributed by atoms with Crippen molar-refractivity contribution in [2.75, 3.05) is 13.2 Å². The fourth-order valence-electron chi connectivity index (χ4n) is 1.06. The fraction of sp³-hybridized carbons (Fsp3) is 0.182. The van der Waals surface area contributed by atoms with E-state index >= 15 is 0 Å².